The molecule has 0 saturated carbocycles. The Labute approximate surface area is 175 Å². The Kier molecular flexibility index (Phi) is 8.15. The molecule has 0 aliphatic heterocycles. The average Bonchev–Trinajstić information content (AvgIpc) is 2.71. The van der Waals surface area contributed by atoms with E-state index in [1.165, 1.54) is 28.3 Å². The standard InChI is InChI=1S/C21H25ClN2O5/c1-13(25)24-17(15-5-7-16(22)8-6-15)11-20(26)23-12-14-9-18(27-2)21(29-4)19(10-14)28-3/h5-10,17H,11-12H2,1-4H3,(H,23,26)(H,24,25). The summed E-state index contributed by atoms with van der Waals surface area (Å²) in [7, 11) is 4.59. The quantitative estimate of drug-likeness (QED) is 0.650. The third-order valence-corrected chi connectivity index (χ3v) is 4.51. The molecule has 156 valence electrons. The summed E-state index contributed by atoms with van der Waals surface area (Å²) in [6, 6.07) is 10.1. The summed E-state index contributed by atoms with van der Waals surface area (Å²) in [5, 5.41) is 6.24. The lowest BCUT2D eigenvalue weighted by Crippen LogP contribution is -2.32. The van der Waals surface area contributed by atoms with Crippen molar-refractivity contribution < 1.29 is 23.8 Å². The minimum atomic E-state index is -0.454. The Morgan fingerprint density at radius 3 is 2.07 bits per heavy atom. The van der Waals surface area contributed by atoms with E-state index in [1.807, 2.05) is 0 Å². The van der Waals surface area contributed by atoms with E-state index in [0.717, 1.165) is 11.1 Å². The fourth-order valence-corrected chi connectivity index (χ4v) is 3.01. The Bertz CT molecular complexity index is 830. The van der Waals surface area contributed by atoms with E-state index in [2.05, 4.69) is 10.6 Å². The highest BCUT2D eigenvalue weighted by molar-refractivity contribution is 6.30. The van der Waals surface area contributed by atoms with Gasteiger partial charge in [-0.05, 0) is 35.4 Å². The summed E-state index contributed by atoms with van der Waals surface area (Å²) in [4.78, 5) is 24.1. The van der Waals surface area contributed by atoms with Gasteiger partial charge in [-0.2, -0.15) is 0 Å². The van der Waals surface area contributed by atoms with Crippen molar-refractivity contribution in [2.75, 3.05) is 21.3 Å². The van der Waals surface area contributed by atoms with Crippen molar-refractivity contribution in [2.24, 2.45) is 0 Å². The molecule has 0 saturated heterocycles. The van der Waals surface area contributed by atoms with Crippen molar-refractivity contribution in [3.05, 3.63) is 52.5 Å². The highest BCUT2D eigenvalue weighted by Crippen LogP contribution is 2.38. The Morgan fingerprint density at radius 2 is 1.59 bits per heavy atom. The lowest BCUT2D eigenvalue weighted by molar-refractivity contribution is -0.122. The zero-order chi connectivity index (χ0) is 21.4. The fourth-order valence-electron chi connectivity index (χ4n) is 2.89. The van der Waals surface area contributed by atoms with Crippen LogP contribution in [-0.4, -0.2) is 33.1 Å². The molecule has 1 atom stereocenters. The second-order valence-electron chi connectivity index (χ2n) is 6.32. The van der Waals surface area contributed by atoms with Crippen LogP contribution in [0.15, 0.2) is 36.4 Å². The molecule has 0 radical (unpaired) electrons. The predicted octanol–water partition coefficient (Wildman–Crippen LogP) is 3.25. The molecule has 8 heteroatoms. The molecule has 2 aromatic carbocycles. The normalized spacial score (nSPS) is 11.3. The highest BCUT2D eigenvalue weighted by atomic mass is 35.5. The largest absolute Gasteiger partial charge is 0.493 e. The maximum Gasteiger partial charge on any atom is 0.222 e. The van der Waals surface area contributed by atoms with Gasteiger partial charge >= 0.3 is 0 Å². The first-order valence-corrected chi connectivity index (χ1v) is 9.33. The van der Waals surface area contributed by atoms with Crippen molar-refractivity contribution in [1.82, 2.24) is 10.6 Å². The van der Waals surface area contributed by atoms with Crippen LogP contribution in [-0.2, 0) is 16.1 Å². The molecule has 0 bridgehead atoms. The first-order chi connectivity index (χ1) is 13.9. The van der Waals surface area contributed by atoms with Crippen molar-refractivity contribution in [3.8, 4) is 17.2 Å². The highest BCUT2D eigenvalue weighted by Gasteiger charge is 2.18. The van der Waals surface area contributed by atoms with Crippen LogP contribution in [0.5, 0.6) is 17.2 Å². The Hall–Kier alpha value is -2.93. The van der Waals surface area contributed by atoms with Gasteiger partial charge in [0, 0.05) is 18.5 Å². The summed E-state index contributed by atoms with van der Waals surface area (Å²) in [6.45, 7) is 1.68. The second-order valence-corrected chi connectivity index (χ2v) is 6.76. The number of methoxy groups -OCH3 is 3. The summed E-state index contributed by atoms with van der Waals surface area (Å²) in [6.07, 6.45) is 0.0889. The average molecular weight is 421 g/mol. The van der Waals surface area contributed by atoms with E-state index in [9.17, 15) is 9.59 Å². The van der Waals surface area contributed by atoms with Crippen LogP contribution < -0.4 is 24.8 Å². The maximum atomic E-state index is 12.5. The van der Waals surface area contributed by atoms with Crippen LogP contribution >= 0.6 is 11.6 Å². The molecule has 0 aromatic heterocycles. The first-order valence-electron chi connectivity index (χ1n) is 8.96. The summed E-state index contributed by atoms with van der Waals surface area (Å²) >= 11 is 5.92. The molecule has 7 nitrogen and oxygen atoms in total. The fraction of sp³-hybridized carbons (Fsp3) is 0.333. The molecule has 29 heavy (non-hydrogen) atoms. The second kappa shape index (κ2) is 10.6. The maximum absolute atomic E-state index is 12.5. The molecular weight excluding hydrogens is 396 g/mol. The SMILES string of the molecule is COc1cc(CNC(=O)CC(NC(C)=O)c2ccc(Cl)cc2)cc(OC)c1OC. The van der Waals surface area contributed by atoms with Crippen LogP contribution in [0.1, 0.15) is 30.5 Å². The number of carbonyl (C=O) groups is 2. The van der Waals surface area contributed by atoms with Gasteiger partial charge in [0.1, 0.15) is 0 Å². The van der Waals surface area contributed by atoms with E-state index in [4.69, 9.17) is 25.8 Å². The van der Waals surface area contributed by atoms with Crippen molar-refractivity contribution in [3.63, 3.8) is 0 Å². The van der Waals surface area contributed by atoms with Gasteiger partial charge in [-0.3, -0.25) is 9.59 Å². The Balaban J connectivity index is 2.08. The van der Waals surface area contributed by atoms with Crippen LogP contribution in [0, 0.1) is 0 Å². The minimum Gasteiger partial charge on any atom is -0.493 e. The molecule has 2 N–H and O–H groups in total. The first kappa shape index (κ1) is 22.4. The van der Waals surface area contributed by atoms with E-state index >= 15 is 0 Å². The van der Waals surface area contributed by atoms with Gasteiger partial charge in [0.25, 0.3) is 0 Å². The molecule has 1 unspecified atom stereocenters. The number of carbonyl (C=O) groups excluding carboxylic acids is 2. The van der Waals surface area contributed by atoms with Crippen LogP contribution in [0.4, 0.5) is 0 Å². The van der Waals surface area contributed by atoms with Crippen molar-refractivity contribution in [1.29, 1.82) is 0 Å². The lowest BCUT2D eigenvalue weighted by Gasteiger charge is -2.19. The number of amides is 2. The van der Waals surface area contributed by atoms with Crippen molar-refractivity contribution >= 4 is 23.4 Å². The molecule has 0 fully saturated rings. The summed E-state index contributed by atoms with van der Waals surface area (Å²) in [5.41, 5.74) is 1.59. The molecule has 0 aliphatic carbocycles. The molecule has 2 aromatic rings. The van der Waals surface area contributed by atoms with Gasteiger partial charge in [-0.1, -0.05) is 23.7 Å². The van der Waals surface area contributed by atoms with Gasteiger partial charge in [0.2, 0.25) is 17.6 Å². The van der Waals surface area contributed by atoms with E-state index in [0.29, 0.717) is 22.3 Å². The predicted molar refractivity (Wildman–Crippen MR) is 111 cm³/mol. The lowest BCUT2D eigenvalue weighted by atomic mass is 10.0. The number of hydrogen-bond acceptors (Lipinski definition) is 5. The monoisotopic (exact) mass is 420 g/mol. The van der Waals surface area contributed by atoms with Crippen molar-refractivity contribution in [2.45, 2.75) is 25.9 Å². The zero-order valence-corrected chi connectivity index (χ0v) is 17.6. The van der Waals surface area contributed by atoms with E-state index in [1.54, 1.807) is 36.4 Å². The Morgan fingerprint density at radius 1 is 1.00 bits per heavy atom. The summed E-state index contributed by atoms with van der Waals surface area (Å²) < 4.78 is 16.0. The third kappa shape index (κ3) is 6.29. The number of ether oxygens (including phenoxy) is 3. The third-order valence-electron chi connectivity index (χ3n) is 4.25. The number of benzene rings is 2. The number of hydrogen-bond donors (Lipinski definition) is 2. The van der Waals surface area contributed by atoms with E-state index in [-0.39, 0.29) is 24.8 Å². The van der Waals surface area contributed by atoms with Gasteiger partial charge < -0.3 is 24.8 Å². The number of rotatable bonds is 9. The molecule has 2 rings (SSSR count). The van der Waals surface area contributed by atoms with Gasteiger partial charge in [-0.25, -0.2) is 0 Å². The summed E-state index contributed by atoms with van der Waals surface area (Å²) in [5.74, 6) is 1.06. The van der Waals surface area contributed by atoms with Gasteiger partial charge in [0.05, 0.1) is 33.8 Å². The van der Waals surface area contributed by atoms with Crippen LogP contribution in [0.2, 0.25) is 5.02 Å². The van der Waals surface area contributed by atoms with Gasteiger partial charge in [-0.15, -0.1) is 0 Å². The topological polar surface area (TPSA) is 85.9 Å². The molecule has 0 spiro atoms. The minimum absolute atomic E-state index is 0.0889. The van der Waals surface area contributed by atoms with Crippen LogP contribution in [0.3, 0.4) is 0 Å². The number of halogens is 1. The molecule has 0 heterocycles. The smallest absolute Gasteiger partial charge is 0.222 e. The van der Waals surface area contributed by atoms with E-state index < -0.39 is 6.04 Å². The molecule has 0 aliphatic rings. The van der Waals surface area contributed by atoms with Crippen LogP contribution in [0.25, 0.3) is 0 Å². The molecule has 2 amide bonds. The zero-order valence-electron chi connectivity index (χ0n) is 16.9. The van der Waals surface area contributed by atoms with Gasteiger partial charge in [0.15, 0.2) is 11.5 Å². The number of nitrogens with one attached hydrogen (secondary N) is 2. The molecular formula is C21H25ClN2O5.